The standard InChI is InChI=1S/C14H22ClNO2/c1-4-11(5-2)16(9-8-15)14(17)12-7-10-18-13(12)6-3/h7,10-11H,4-6,8-9H2,1-3H3. The molecule has 0 unspecified atom stereocenters. The number of carbonyl (C=O) groups excluding carboxylic acids is 1. The number of rotatable bonds is 7. The smallest absolute Gasteiger partial charge is 0.257 e. The molecule has 4 heteroatoms. The second kappa shape index (κ2) is 7.47. The summed E-state index contributed by atoms with van der Waals surface area (Å²) in [6, 6.07) is 2.00. The van der Waals surface area contributed by atoms with Crippen molar-refractivity contribution in [3.63, 3.8) is 0 Å². The summed E-state index contributed by atoms with van der Waals surface area (Å²) in [4.78, 5) is 14.4. The van der Waals surface area contributed by atoms with E-state index >= 15 is 0 Å². The van der Waals surface area contributed by atoms with E-state index in [-0.39, 0.29) is 11.9 Å². The number of hydrogen-bond acceptors (Lipinski definition) is 2. The van der Waals surface area contributed by atoms with Gasteiger partial charge in [0.1, 0.15) is 5.76 Å². The Bertz CT molecular complexity index is 372. The molecule has 0 atom stereocenters. The first-order valence-corrected chi connectivity index (χ1v) is 7.16. The molecule has 1 aromatic rings. The number of furan rings is 1. The number of nitrogens with zero attached hydrogens (tertiary/aromatic N) is 1. The predicted octanol–water partition coefficient (Wildman–Crippen LogP) is 3.71. The molecule has 1 aromatic heterocycles. The maximum absolute atomic E-state index is 12.5. The fourth-order valence-corrected chi connectivity index (χ4v) is 2.41. The fraction of sp³-hybridized carbons (Fsp3) is 0.643. The van der Waals surface area contributed by atoms with E-state index in [0.717, 1.165) is 25.0 Å². The molecule has 0 fully saturated rings. The maximum atomic E-state index is 12.5. The Morgan fingerprint density at radius 2 is 2.06 bits per heavy atom. The molecule has 0 bridgehead atoms. The second-order valence-electron chi connectivity index (χ2n) is 4.27. The Labute approximate surface area is 114 Å². The van der Waals surface area contributed by atoms with Crippen LogP contribution < -0.4 is 0 Å². The van der Waals surface area contributed by atoms with Crippen LogP contribution in [0, 0.1) is 0 Å². The van der Waals surface area contributed by atoms with Crippen LogP contribution in [0.3, 0.4) is 0 Å². The molecule has 102 valence electrons. The Morgan fingerprint density at radius 3 is 2.56 bits per heavy atom. The van der Waals surface area contributed by atoms with Gasteiger partial charge in [-0.25, -0.2) is 0 Å². The average molecular weight is 272 g/mol. The third-order valence-electron chi connectivity index (χ3n) is 3.27. The molecular weight excluding hydrogens is 250 g/mol. The number of aryl methyl sites for hydroxylation is 1. The highest BCUT2D eigenvalue weighted by Gasteiger charge is 2.24. The van der Waals surface area contributed by atoms with E-state index < -0.39 is 0 Å². The average Bonchev–Trinajstić information content (AvgIpc) is 2.86. The summed E-state index contributed by atoms with van der Waals surface area (Å²) in [5.74, 6) is 1.25. The summed E-state index contributed by atoms with van der Waals surface area (Å²) < 4.78 is 5.33. The Kier molecular flexibility index (Phi) is 6.27. The van der Waals surface area contributed by atoms with Crippen LogP contribution in [0.1, 0.15) is 49.7 Å². The van der Waals surface area contributed by atoms with Crippen molar-refractivity contribution < 1.29 is 9.21 Å². The van der Waals surface area contributed by atoms with Crippen molar-refractivity contribution in [1.82, 2.24) is 4.90 Å². The van der Waals surface area contributed by atoms with Crippen LogP contribution in [0.25, 0.3) is 0 Å². The lowest BCUT2D eigenvalue weighted by molar-refractivity contribution is 0.0679. The number of amides is 1. The van der Waals surface area contributed by atoms with E-state index in [9.17, 15) is 4.79 Å². The van der Waals surface area contributed by atoms with Crippen molar-refractivity contribution in [3.8, 4) is 0 Å². The van der Waals surface area contributed by atoms with E-state index in [1.807, 2.05) is 11.8 Å². The normalized spacial score (nSPS) is 10.9. The largest absolute Gasteiger partial charge is 0.469 e. The molecule has 0 saturated carbocycles. The minimum absolute atomic E-state index is 0.0370. The molecular formula is C14H22ClNO2. The predicted molar refractivity (Wildman–Crippen MR) is 74.2 cm³/mol. The number of halogens is 1. The summed E-state index contributed by atoms with van der Waals surface area (Å²) >= 11 is 5.82. The molecule has 0 spiro atoms. The van der Waals surface area contributed by atoms with E-state index in [4.69, 9.17) is 16.0 Å². The van der Waals surface area contributed by atoms with Gasteiger partial charge in [0.2, 0.25) is 0 Å². The van der Waals surface area contributed by atoms with Gasteiger partial charge in [0.05, 0.1) is 11.8 Å². The molecule has 0 aliphatic heterocycles. The van der Waals surface area contributed by atoms with Crippen LogP contribution in [-0.2, 0) is 6.42 Å². The summed E-state index contributed by atoms with van der Waals surface area (Å²) in [6.45, 7) is 6.76. The lowest BCUT2D eigenvalue weighted by atomic mass is 10.1. The zero-order valence-electron chi connectivity index (χ0n) is 11.4. The summed E-state index contributed by atoms with van der Waals surface area (Å²) in [6.07, 6.45) is 4.19. The van der Waals surface area contributed by atoms with Crippen molar-refractivity contribution in [2.24, 2.45) is 0 Å². The van der Waals surface area contributed by atoms with E-state index in [2.05, 4.69) is 13.8 Å². The molecule has 1 amide bonds. The van der Waals surface area contributed by atoms with Crippen molar-refractivity contribution in [3.05, 3.63) is 23.7 Å². The molecule has 0 aliphatic rings. The highest BCUT2D eigenvalue weighted by molar-refractivity contribution is 6.18. The van der Waals surface area contributed by atoms with Crippen molar-refractivity contribution in [2.45, 2.75) is 46.1 Å². The van der Waals surface area contributed by atoms with Crippen LogP contribution in [0.4, 0.5) is 0 Å². The molecule has 0 aromatic carbocycles. The van der Waals surface area contributed by atoms with Gasteiger partial charge in [-0.2, -0.15) is 0 Å². The van der Waals surface area contributed by atoms with Crippen LogP contribution in [0.2, 0.25) is 0 Å². The lowest BCUT2D eigenvalue weighted by Gasteiger charge is -2.30. The Morgan fingerprint density at radius 1 is 1.39 bits per heavy atom. The van der Waals surface area contributed by atoms with Crippen LogP contribution in [0.15, 0.2) is 16.7 Å². The van der Waals surface area contributed by atoms with Crippen molar-refractivity contribution >= 4 is 17.5 Å². The van der Waals surface area contributed by atoms with Gasteiger partial charge in [-0.1, -0.05) is 20.8 Å². The second-order valence-corrected chi connectivity index (χ2v) is 4.65. The third kappa shape index (κ3) is 3.29. The van der Waals surface area contributed by atoms with Crippen molar-refractivity contribution in [2.75, 3.05) is 12.4 Å². The van der Waals surface area contributed by atoms with Gasteiger partial charge in [-0.15, -0.1) is 11.6 Å². The molecule has 1 heterocycles. The Hall–Kier alpha value is -0.960. The molecule has 3 nitrogen and oxygen atoms in total. The first kappa shape index (κ1) is 15.1. The highest BCUT2D eigenvalue weighted by Crippen LogP contribution is 2.18. The molecule has 0 saturated heterocycles. The quantitative estimate of drug-likeness (QED) is 0.709. The number of carbonyl (C=O) groups is 1. The molecule has 0 N–H and O–H groups in total. The fourth-order valence-electron chi connectivity index (χ4n) is 2.23. The zero-order valence-corrected chi connectivity index (χ0v) is 12.2. The minimum atomic E-state index is 0.0370. The van der Waals surface area contributed by atoms with Gasteiger partial charge in [0.15, 0.2) is 0 Å². The molecule has 0 aliphatic carbocycles. The summed E-state index contributed by atoms with van der Waals surface area (Å²) in [5, 5.41) is 0. The van der Waals surface area contributed by atoms with E-state index in [0.29, 0.717) is 18.0 Å². The highest BCUT2D eigenvalue weighted by atomic mass is 35.5. The van der Waals surface area contributed by atoms with Gasteiger partial charge >= 0.3 is 0 Å². The maximum Gasteiger partial charge on any atom is 0.257 e. The SMILES string of the molecule is CCc1occc1C(=O)N(CCCl)C(CC)CC. The van der Waals surface area contributed by atoms with Crippen molar-refractivity contribution in [1.29, 1.82) is 0 Å². The van der Waals surface area contributed by atoms with Crippen LogP contribution >= 0.6 is 11.6 Å². The van der Waals surface area contributed by atoms with Gasteiger partial charge < -0.3 is 9.32 Å². The minimum Gasteiger partial charge on any atom is -0.469 e. The van der Waals surface area contributed by atoms with Gasteiger partial charge in [0, 0.05) is 24.9 Å². The van der Waals surface area contributed by atoms with E-state index in [1.54, 1.807) is 12.3 Å². The molecule has 1 rings (SSSR count). The first-order valence-electron chi connectivity index (χ1n) is 6.62. The third-order valence-corrected chi connectivity index (χ3v) is 3.44. The summed E-state index contributed by atoms with van der Waals surface area (Å²) in [7, 11) is 0. The van der Waals surface area contributed by atoms with E-state index in [1.165, 1.54) is 0 Å². The topological polar surface area (TPSA) is 33.5 Å². The van der Waals surface area contributed by atoms with Gasteiger partial charge in [0.25, 0.3) is 5.91 Å². The lowest BCUT2D eigenvalue weighted by Crippen LogP contribution is -2.41. The summed E-state index contributed by atoms with van der Waals surface area (Å²) in [5.41, 5.74) is 0.675. The van der Waals surface area contributed by atoms with Gasteiger partial charge in [-0.3, -0.25) is 4.79 Å². The van der Waals surface area contributed by atoms with Crippen LogP contribution in [-0.4, -0.2) is 29.3 Å². The Balaban J connectivity index is 2.95. The molecule has 0 radical (unpaired) electrons. The first-order chi connectivity index (χ1) is 8.69. The van der Waals surface area contributed by atoms with Crippen LogP contribution in [0.5, 0.6) is 0 Å². The number of alkyl halides is 1. The zero-order chi connectivity index (χ0) is 13.5. The molecule has 18 heavy (non-hydrogen) atoms. The van der Waals surface area contributed by atoms with Gasteiger partial charge in [-0.05, 0) is 18.9 Å². The monoisotopic (exact) mass is 271 g/mol. The number of hydrogen-bond donors (Lipinski definition) is 0.